The minimum absolute atomic E-state index is 0.407. The zero-order chi connectivity index (χ0) is 18.6. The number of carbonyl (C=O) groups is 1. The van der Waals surface area contributed by atoms with Gasteiger partial charge in [0.05, 0.1) is 0 Å². The fourth-order valence-corrected chi connectivity index (χ4v) is 5.16. The van der Waals surface area contributed by atoms with Crippen molar-refractivity contribution in [2.45, 2.75) is 129 Å². The van der Waals surface area contributed by atoms with Gasteiger partial charge in [0.1, 0.15) is 5.78 Å². The van der Waals surface area contributed by atoms with Crippen molar-refractivity contribution in [3.63, 3.8) is 0 Å². The van der Waals surface area contributed by atoms with Crippen LogP contribution in [0.15, 0.2) is 0 Å². The molecule has 4 saturated carbocycles. The Hall–Kier alpha value is -0.330. The SMILES string of the molecule is C1CCC1.CC(=O)C1CCC(C2CCCCC2)CC1.CC1CCCCC1. The molecule has 0 N–H and O–H groups in total. The van der Waals surface area contributed by atoms with Crippen molar-refractivity contribution in [1.82, 2.24) is 0 Å². The standard InChI is InChI=1S/C14H24O.C7H14.C4H8/c1-11(15)12-7-9-14(10-8-12)13-5-3-2-4-6-13;1-7-5-3-2-4-6-7;1-2-4-3-1/h12-14H,2-10H2,1H3;7H,2-6H2,1H3;1-4H2. The van der Waals surface area contributed by atoms with Gasteiger partial charge in [-0.15, -0.1) is 0 Å². The highest BCUT2D eigenvalue weighted by atomic mass is 16.1. The molecule has 0 aromatic rings. The van der Waals surface area contributed by atoms with Gasteiger partial charge in [-0.25, -0.2) is 0 Å². The molecule has 4 rings (SSSR count). The maximum Gasteiger partial charge on any atom is 0.132 e. The third kappa shape index (κ3) is 8.57. The van der Waals surface area contributed by atoms with Gasteiger partial charge in [-0.2, -0.15) is 0 Å². The molecule has 0 aromatic carbocycles. The first-order chi connectivity index (χ1) is 12.7. The van der Waals surface area contributed by atoms with Gasteiger partial charge in [0.15, 0.2) is 0 Å². The molecule has 152 valence electrons. The van der Waals surface area contributed by atoms with Crippen LogP contribution in [0.4, 0.5) is 0 Å². The predicted molar refractivity (Wildman–Crippen MR) is 113 cm³/mol. The fourth-order valence-electron chi connectivity index (χ4n) is 5.16. The van der Waals surface area contributed by atoms with E-state index in [1.165, 1.54) is 116 Å². The van der Waals surface area contributed by atoms with Crippen molar-refractivity contribution >= 4 is 5.78 Å². The summed E-state index contributed by atoms with van der Waals surface area (Å²) in [6.07, 6.45) is 25.8. The summed E-state index contributed by atoms with van der Waals surface area (Å²) in [7, 11) is 0. The van der Waals surface area contributed by atoms with Crippen LogP contribution < -0.4 is 0 Å². The van der Waals surface area contributed by atoms with Crippen molar-refractivity contribution < 1.29 is 4.79 Å². The lowest BCUT2D eigenvalue weighted by atomic mass is 9.70. The molecule has 4 aliphatic carbocycles. The predicted octanol–water partition coefficient (Wildman–Crippen LogP) is 8.11. The van der Waals surface area contributed by atoms with Gasteiger partial charge >= 0.3 is 0 Å². The Morgan fingerprint density at radius 2 is 0.923 bits per heavy atom. The summed E-state index contributed by atoms with van der Waals surface area (Å²) in [5.41, 5.74) is 0. The van der Waals surface area contributed by atoms with Gasteiger partial charge in [0, 0.05) is 5.92 Å². The molecule has 0 saturated heterocycles. The molecule has 0 amide bonds. The fraction of sp³-hybridized carbons (Fsp3) is 0.960. The lowest BCUT2D eigenvalue weighted by Crippen LogP contribution is -2.26. The van der Waals surface area contributed by atoms with E-state index in [2.05, 4.69) is 6.92 Å². The number of Topliss-reactive ketones (excluding diaryl/α,β-unsaturated/α-hetero) is 1. The van der Waals surface area contributed by atoms with Gasteiger partial charge in [-0.3, -0.25) is 4.79 Å². The number of rotatable bonds is 2. The number of hydrogen-bond acceptors (Lipinski definition) is 1. The zero-order valence-corrected chi connectivity index (χ0v) is 17.9. The maximum atomic E-state index is 11.3. The highest BCUT2D eigenvalue weighted by Crippen LogP contribution is 2.39. The Bertz CT molecular complexity index is 346. The minimum atomic E-state index is 0.407. The first kappa shape index (κ1) is 22.0. The van der Waals surface area contributed by atoms with Crippen LogP contribution in [0.5, 0.6) is 0 Å². The first-order valence-corrected chi connectivity index (χ1v) is 12.2. The molecule has 4 aliphatic rings. The smallest absolute Gasteiger partial charge is 0.132 e. The van der Waals surface area contributed by atoms with E-state index in [4.69, 9.17) is 0 Å². The topological polar surface area (TPSA) is 17.1 Å². The van der Waals surface area contributed by atoms with Crippen molar-refractivity contribution in [3.8, 4) is 0 Å². The van der Waals surface area contributed by atoms with Gasteiger partial charge in [-0.05, 0) is 50.4 Å². The Morgan fingerprint density at radius 1 is 0.538 bits per heavy atom. The van der Waals surface area contributed by atoms with Gasteiger partial charge in [-0.1, -0.05) is 96.8 Å². The van der Waals surface area contributed by atoms with Gasteiger partial charge in [0.2, 0.25) is 0 Å². The normalized spacial score (nSPS) is 30.1. The van der Waals surface area contributed by atoms with Crippen LogP contribution in [0, 0.1) is 23.7 Å². The third-order valence-electron chi connectivity index (χ3n) is 7.56. The van der Waals surface area contributed by atoms with Crippen LogP contribution in [-0.4, -0.2) is 5.78 Å². The molecule has 0 unspecified atom stereocenters. The number of carbonyl (C=O) groups excluding carboxylic acids is 1. The van der Waals surface area contributed by atoms with Crippen molar-refractivity contribution in [1.29, 1.82) is 0 Å². The molecular formula is C25H46O. The molecule has 0 aromatic heterocycles. The second-order valence-electron chi connectivity index (χ2n) is 9.78. The van der Waals surface area contributed by atoms with Crippen LogP contribution >= 0.6 is 0 Å². The molecule has 0 aliphatic heterocycles. The first-order valence-electron chi connectivity index (χ1n) is 12.2. The van der Waals surface area contributed by atoms with E-state index in [-0.39, 0.29) is 0 Å². The Kier molecular flexibility index (Phi) is 10.9. The van der Waals surface area contributed by atoms with E-state index in [0.717, 1.165) is 17.8 Å². The monoisotopic (exact) mass is 362 g/mol. The van der Waals surface area contributed by atoms with E-state index in [0.29, 0.717) is 11.7 Å². The summed E-state index contributed by atoms with van der Waals surface area (Å²) in [5.74, 6) is 3.84. The lowest BCUT2D eigenvalue weighted by molar-refractivity contribution is -0.122. The molecule has 0 heterocycles. The minimum Gasteiger partial charge on any atom is -0.300 e. The van der Waals surface area contributed by atoms with Crippen LogP contribution in [0.1, 0.15) is 129 Å². The van der Waals surface area contributed by atoms with Crippen LogP contribution in [0.25, 0.3) is 0 Å². The molecular weight excluding hydrogens is 316 g/mol. The van der Waals surface area contributed by atoms with Crippen molar-refractivity contribution in [2.24, 2.45) is 23.7 Å². The zero-order valence-electron chi connectivity index (χ0n) is 17.9. The summed E-state index contributed by atoms with van der Waals surface area (Å²) in [6.45, 7) is 4.13. The highest BCUT2D eigenvalue weighted by Gasteiger charge is 2.29. The Balaban J connectivity index is 0.000000180. The molecule has 1 heteroatoms. The van der Waals surface area contributed by atoms with Gasteiger partial charge in [0.25, 0.3) is 0 Å². The van der Waals surface area contributed by atoms with E-state index in [9.17, 15) is 4.79 Å². The second-order valence-corrected chi connectivity index (χ2v) is 9.78. The summed E-state index contributed by atoms with van der Waals surface area (Å²) >= 11 is 0. The molecule has 0 bridgehead atoms. The molecule has 0 spiro atoms. The highest BCUT2D eigenvalue weighted by molar-refractivity contribution is 5.78. The second kappa shape index (κ2) is 12.9. The summed E-state index contributed by atoms with van der Waals surface area (Å²) in [6, 6.07) is 0. The average molecular weight is 363 g/mol. The molecule has 0 atom stereocenters. The van der Waals surface area contributed by atoms with E-state index >= 15 is 0 Å². The molecule has 4 fully saturated rings. The Labute approximate surface area is 164 Å². The molecule has 26 heavy (non-hydrogen) atoms. The third-order valence-corrected chi connectivity index (χ3v) is 7.56. The van der Waals surface area contributed by atoms with Crippen LogP contribution in [-0.2, 0) is 4.79 Å². The van der Waals surface area contributed by atoms with Gasteiger partial charge < -0.3 is 0 Å². The summed E-state index contributed by atoms with van der Waals surface area (Å²) in [4.78, 5) is 11.3. The van der Waals surface area contributed by atoms with Crippen molar-refractivity contribution in [2.75, 3.05) is 0 Å². The van der Waals surface area contributed by atoms with E-state index < -0.39 is 0 Å². The largest absolute Gasteiger partial charge is 0.300 e. The molecule has 1 nitrogen and oxygen atoms in total. The summed E-state index contributed by atoms with van der Waals surface area (Å²) in [5, 5.41) is 0. The van der Waals surface area contributed by atoms with Crippen LogP contribution in [0.3, 0.4) is 0 Å². The van der Waals surface area contributed by atoms with E-state index in [1.54, 1.807) is 6.92 Å². The van der Waals surface area contributed by atoms with Crippen LogP contribution in [0.2, 0.25) is 0 Å². The Morgan fingerprint density at radius 3 is 1.27 bits per heavy atom. The number of hydrogen-bond donors (Lipinski definition) is 0. The average Bonchev–Trinajstić information content (AvgIpc) is 2.62. The van der Waals surface area contributed by atoms with Crippen molar-refractivity contribution in [3.05, 3.63) is 0 Å². The van der Waals surface area contributed by atoms with E-state index in [1.807, 2.05) is 0 Å². The lowest BCUT2D eigenvalue weighted by Gasteiger charge is -2.35. The summed E-state index contributed by atoms with van der Waals surface area (Å²) < 4.78 is 0. The number of ketones is 1. The molecule has 0 radical (unpaired) electrons. The maximum absolute atomic E-state index is 11.3. The quantitative estimate of drug-likeness (QED) is 0.485.